The van der Waals surface area contributed by atoms with Crippen molar-refractivity contribution in [2.24, 2.45) is 11.3 Å². The lowest BCUT2D eigenvalue weighted by Gasteiger charge is -2.30. The summed E-state index contributed by atoms with van der Waals surface area (Å²) in [6.07, 6.45) is 3.04. The molecule has 98 valence electrons. The zero-order valence-electron chi connectivity index (χ0n) is 10.2. The molecule has 3 aliphatic carbocycles. The van der Waals surface area contributed by atoms with Gasteiger partial charge in [-0.1, -0.05) is 17.7 Å². The van der Waals surface area contributed by atoms with E-state index in [2.05, 4.69) is 0 Å². The van der Waals surface area contributed by atoms with Gasteiger partial charge >= 0.3 is 0 Å². The van der Waals surface area contributed by atoms with Crippen molar-refractivity contribution in [3.05, 3.63) is 34.1 Å². The van der Waals surface area contributed by atoms with Crippen LogP contribution in [0.5, 0.6) is 5.75 Å². The second-order valence-corrected chi connectivity index (χ2v) is 6.25. The van der Waals surface area contributed by atoms with E-state index < -0.39 is 5.82 Å². The Kier molecular flexibility index (Phi) is 2.05. The van der Waals surface area contributed by atoms with Gasteiger partial charge in [-0.25, -0.2) is 4.39 Å². The Morgan fingerprint density at radius 3 is 3.00 bits per heavy atom. The molecule has 0 amide bonds. The second-order valence-electron chi connectivity index (χ2n) is 5.87. The van der Waals surface area contributed by atoms with Crippen LogP contribution < -0.4 is 0 Å². The van der Waals surface area contributed by atoms with Gasteiger partial charge in [-0.05, 0) is 42.9 Å². The van der Waals surface area contributed by atoms with Crippen molar-refractivity contribution in [1.82, 2.24) is 0 Å². The molecule has 4 rings (SSSR count). The van der Waals surface area contributed by atoms with Crippen molar-refractivity contribution in [2.75, 3.05) is 0 Å². The van der Waals surface area contributed by atoms with E-state index in [1.54, 1.807) is 6.07 Å². The van der Waals surface area contributed by atoms with Crippen LogP contribution in [0, 0.1) is 17.2 Å². The maximum Gasteiger partial charge on any atom is 0.177 e. The predicted molar refractivity (Wildman–Crippen MR) is 69.3 cm³/mol. The average molecular weight is 279 g/mol. The monoisotopic (exact) mass is 278 g/mol. The fourth-order valence-electron chi connectivity index (χ4n) is 4.12. The highest BCUT2D eigenvalue weighted by Crippen LogP contribution is 2.63. The molecule has 2 atom stereocenters. The van der Waals surface area contributed by atoms with Gasteiger partial charge in [0.25, 0.3) is 0 Å². The first-order chi connectivity index (χ1) is 9.03. The number of hydrogen-bond acceptors (Lipinski definition) is 2. The molecule has 19 heavy (non-hydrogen) atoms. The topological polar surface area (TPSA) is 37.3 Å². The third-order valence-corrected chi connectivity index (χ3v) is 5.33. The molecule has 1 aromatic carbocycles. The fraction of sp³-hybridized carbons (Fsp3) is 0.400. The molecule has 2 bridgehead atoms. The number of benzene rings is 1. The minimum atomic E-state index is -0.561. The fourth-order valence-corrected chi connectivity index (χ4v) is 4.58. The summed E-state index contributed by atoms with van der Waals surface area (Å²) in [5.41, 5.74) is 1.88. The number of fused-ring (bicyclic) bond motifs is 3. The van der Waals surface area contributed by atoms with Gasteiger partial charge in [0.2, 0.25) is 0 Å². The normalized spacial score (nSPS) is 31.7. The molecule has 1 fully saturated rings. The number of carbonyl (C=O) groups excluding carboxylic acids is 1. The summed E-state index contributed by atoms with van der Waals surface area (Å²) in [5.74, 6) is -0.881. The lowest BCUT2D eigenvalue weighted by molar-refractivity contribution is -0.118. The molecule has 0 aliphatic heterocycles. The van der Waals surface area contributed by atoms with Gasteiger partial charge in [0.1, 0.15) is 0 Å². The van der Waals surface area contributed by atoms with E-state index in [1.807, 2.05) is 0 Å². The first-order valence-electron chi connectivity index (χ1n) is 6.49. The number of carbonyl (C=O) groups is 1. The van der Waals surface area contributed by atoms with Crippen LogP contribution in [-0.4, -0.2) is 10.9 Å². The van der Waals surface area contributed by atoms with Gasteiger partial charge in [-0.15, -0.1) is 0 Å². The van der Waals surface area contributed by atoms with Crippen molar-refractivity contribution >= 4 is 23.0 Å². The molecular weight excluding hydrogens is 267 g/mol. The van der Waals surface area contributed by atoms with Gasteiger partial charge in [0.05, 0.1) is 5.03 Å². The second kappa shape index (κ2) is 3.40. The maximum absolute atomic E-state index is 14.1. The van der Waals surface area contributed by atoms with Crippen molar-refractivity contribution in [3.63, 3.8) is 0 Å². The van der Waals surface area contributed by atoms with Crippen LogP contribution in [0.15, 0.2) is 17.2 Å². The van der Waals surface area contributed by atoms with Gasteiger partial charge in [0.15, 0.2) is 17.3 Å². The van der Waals surface area contributed by atoms with Gasteiger partial charge in [0, 0.05) is 16.9 Å². The third kappa shape index (κ3) is 1.24. The number of halogens is 2. The van der Waals surface area contributed by atoms with Crippen molar-refractivity contribution < 1.29 is 14.3 Å². The SMILES string of the molecule is O=C1C(Cl)=C2c3ccc(O)c(F)c3C[C@]23CC[C@@H]1C3. The number of allylic oxidation sites excluding steroid dienone is 2. The summed E-state index contributed by atoms with van der Waals surface area (Å²) in [6.45, 7) is 0. The maximum atomic E-state index is 14.1. The number of hydrogen-bond donors (Lipinski definition) is 1. The van der Waals surface area contributed by atoms with Crippen molar-refractivity contribution in [2.45, 2.75) is 25.7 Å². The molecule has 4 heteroatoms. The Hall–Kier alpha value is -1.35. The van der Waals surface area contributed by atoms with Gasteiger partial charge < -0.3 is 5.11 Å². The average Bonchev–Trinajstić information content (AvgIpc) is 2.93. The Labute approximate surface area is 114 Å². The van der Waals surface area contributed by atoms with Gasteiger partial charge in [-0.2, -0.15) is 0 Å². The number of Topliss-reactive ketones (excluding diaryl/α,β-unsaturated/α-hetero) is 1. The standard InChI is InChI=1S/C15H12ClFO2/c16-12-11-8-1-2-10(18)13(17)9(8)6-15(11)4-3-7(5-15)14(12)19/h1-2,7,18H,3-6H2/t7-,15-/m1/s1. The smallest absolute Gasteiger partial charge is 0.177 e. The predicted octanol–water partition coefficient (Wildman–Crippen LogP) is 3.41. The summed E-state index contributed by atoms with van der Waals surface area (Å²) in [4.78, 5) is 12.2. The number of aromatic hydroxyl groups is 1. The van der Waals surface area contributed by atoms with Crippen LogP contribution in [0.1, 0.15) is 30.4 Å². The molecule has 1 aromatic rings. The van der Waals surface area contributed by atoms with Gasteiger partial charge in [-0.3, -0.25) is 4.79 Å². The lowest BCUT2D eigenvalue weighted by atomic mass is 9.74. The number of rotatable bonds is 0. The van der Waals surface area contributed by atoms with Crippen LogP contribution in [0.2, 0.25) is 0 Å². The van der Waals surface area contributed by atoms with E-state index >= 15 is 0 Å². The van der Waals surface area contributed by atoms with E-state index in [0.29, 0.717) is 17.5 Å². The molecule has 0 radical (unpaired) electrons. The van der Waals surface area contributed by atoms with E-state index in [9.17, 15) is 14.3 Å². The first kappa shape index (κ1) is 11.5. The van der Waals surface area contributed by atoms with Crippen LogP contribution in [-0.2, 0) is 11.2 Å². The van der Waals surface area contributed by atoms with Crippen molar-refractivity contribution in [1.29, 1.82) is 0 Å². The molecule has 0 unspecified atom stereocenters. The summed E-state index contributed by atoms with van der Waals surface area (Å²) in [7, 11) is 0. The quantitative estimate of drug-likeness (QED) is 0.790. The van der Waals surface area contributed by atoms with E-state index in [0.717, 1.165) is 24.8 Å². The van der Waals surface area contributed by atoms with Crippen LogP contribution in [0.4, 0.5) is 4.39 Å². The Bertz CT molecular complexity index is 664. The zero-order valence-corrected chi connectivity index (χ0v) is 10.9. The molecule has 0 saturated heterocycles. The summed E-state index contributed by atoms with van der Waals surface area (Å²) in [6, 6.07) is 3.03. The summed E-state index contributed by atoms with van der Waals surface area (Å²) in [5, 5.41) is 9.80. The van der Waals surface area contributed by atoms with Crippen molar-refractivity contribution in [3.8, 4) is 5.75 Å². The van der Waals surface area contributed by atoms with Crippen LogP contribution in [0.3, 0.4) is 0 Å². The Morgan fingerprint density at radius 1 is 1.42 bits per heavy atom. The van der Waals surface area contributed by atoms with E-state index in [-0.39, 0.29) is 27.9 Å². The highest BCUT2D eigenvalue weighted by Gasteiger charge is 2.54. The number of phenolic OH excluding ortho intramolecular Hbond substituents is 1. The summed E-state index contributed by atoms with van der Waals surface area (Å²) < 4.78 is 14.1. The highest BCUT2D eigenvalue weighted by atomic mass is 35.5. The lowest BCUT2D eigenvalue weighted by Crippen LogP contribution is -2.26. The summed E-state index contributed by atoms with van der Waals surface area (Å²) >= 11 is 6.26. The third-order valence-electron chi connectivity index (χ3n) is 4.95. The molecule has 1 saturated carbocycles. The highest BCUT2D eigenvalue weighted by molar-refractivity contribution is 6.46. The Morgan fingerprint density at radius 2 is 2.21 bits per heavy atom. The first-order valence-corrected chi connectivity index (χ1v) is 6.86. The minimum Gasteiger partial charge on any atom is -0.505 e. The number of phenols is 1. The molecule has 2 nitrogen and oxygen atoms in total. The van der Waals surface area contributed by atoms with Crippen LogP contribution in [0.25, 0.3) is 5.57 Å². The zero-order chi connectivity index (χ0) is 13.4. The molecule has 3 aliphatic rings. The van der Waals surface area contributed by atoms with E-state index in [1.165, 1.54) is 6.07 Å². The molecule has 1 spiro atoms. The molecule has 1 N–H and O–H groups in total. The molecule has 0 aromatic heterocycles. The Balaban J connectivity index is 2.03. The largest absolute Gasteiger partial charge is 0.505 e. The minimum absolute atomic E-state index is 0.00206. The van der Waals surface area contributed by atoms with Crippen LogP contribution >= 0.6 is 11.6 Å². The molecular formula is C15H12ClFO2. The number of ketones is 1. The van der Waals surface area contributed by atoms with E-state index in [4.69, 9.17) is 11.6 Å². The molecule has 0 heterocycles.